The van der Waals surface area contributed by atoms with E-state index < -0.39 is 0 Å². The highest BCUT2D eigenvalue weighted by molar-refractivity contribution is 9.08. The average Bonchev–Trinajstić information content (AvgIpc) is 2.16. The molecule has 4 heteroatoms. The van der Waals surface area contributed by atoms with Crippen molar-refractivity contribution in [2.24, 2.45) is 0 Å². The lowest BCUT2D eigenvalue weighted by Crippen LogP contribution is -1.95. The number of aromatic nitrogens is 1. The van der Waals surface area contributed by atoms with E-state index in [1.165, 1.54) is 7.11 Å². The van der Waals surface area contributed by atoms with Gasteiger partial charge in [0.2, 0.25) is 5.88 Å². The highest BCUT2D eigenvalue weighted by Crippen LogP contribution is 2.20. The monoisotopic (exact) mass is 226 g/mol. The molecule has 0 radical (unpaired) electrons. The number of methoxy groups -OCH3 is 1. The average molecular weight is 227 g/mol. The fraction of sp³-hybridized carbons (Fsp3) is 0.250. The van der Waals surface area contributed by atoms with Crippen LogP contribution in [0.25, 0.3) is 0 Å². The van der Waals surface area contributed by atoms with Gasteiger partial charge >= 0.3 is 0 Å². The summed E-state index contributed by atoms with van der Waals surface area (Å²) < 4.78 is 4.99. The van der Waals surface area contributed by atoms with Crippen molar-refractivity contribution in [2.75, 3.05) is 7.11 Å². The van der Waals surface area contributed by atoms with Crippen LogP contribution in [0.3, 0.4) is 0 Å². The smallest absolute Gasteiger partial charge is 0.218 e. The van der Waals surface area contributed by atoms with Crippen LogP contribution in [0.2, 0.25) is 0 Å². The zero-order valence-electron chi connectivity index (χ0n) is 6.54. The Labute approximate surface area is 79.1 Å². The maximum atomic E-state index is 8.72. The molecular formula is C8H7BrN2O. The van der Waals surface area contributed by atoms with Gasteiger partial charge in [-0.1, -0.05) is 15.9 Å². The number of nitriles is 1. The minimum absolute atomic E-state index is 0.505. The van der Waals surface area contributed by atoms with Gasteiger partial charge in [-0.2, -0.15) is 5.26 Å². The molecule has 0 atom stereocenters. The molecule has 0 bridgehead atoms. The maximum absolute atomic E-state index is 8.72. The van der Waals surface area contributed by atoms with E-state index >= 15 is 0 Å². The van der Waals surface area contributed by atoms with Gasteiger partial charge in [-0.15, -0.1) is 0 Å². The summed E-state index contributed by atoms with van der Waals surface area (Å²) in [4.78, 5) is 3.97. The molecule has 0 saturated heterocycles. The van der Waals surface area contributed by atoms with Crippen LogP contribution in [0, 0.1) is 11.3 Å². The van der Waals surface area contributed by atoms with E-state index in [4.69, 9.17) is 10.00 Å². The molecule has 1 heterocycles. The predicted molar refractivity (Wildman–Crippen MR) is 48.1 cm³/mol. The Morgan fingerprint density at radius 1 is 1.75 bits per heavy atom. The SMILES string of the molecule is COc1nccc(C#N)c1CBr. The highest BCUT2D eigenvalue weighted by Gasteiger charge is 2.07. The topological polar surface area (TPSA) is 45.9 Å². The van der Waals surface area contributed by atoms with Crippen molar-refractivity contribution in [1.29, 1.82) is 5.26 Å². The summed E-state index contributed by atoms with van der Waals surface area (Å²) in [5, 5.41) is 9.29. The van der Waals surface area contributed by atoms with E-state index in [0.29, 0.717) is 16.8 Å². The Hall–Kier alpha value is -1.08. The highest BCUT2D eigenvalue weighted by atomic mass is 79.9. The maximum Gasteiger partial charge on any atom is 0.218 e. The van der Waals surface area contributed by atoms with Gasteiger partial charge in [0.1, 0.15) is 0 Å². The van der Waals surface area contributed by atoms with Gasteiger partial charge in [0, 0.05) is 17.1 Å². The lowest BCUT2D eigenvalue weighted by atomic mass is 10.2. The molecule has 0 aliphatic heterocycles. The van der Waals surface area contributed by atoms with Crippen molar-refractivity contribution in [3.63, 3.8) is 0 Å². The summed E-state index contributed by atoms with van der Waals surface area (Å²) in [7, 11) is 1.54. The van der Waals surface area contributed by atoms with Crippen molar-refractivity contribution in [2.45, 2.75) is 5.33 Å². The fourth-order valence-corrected chi connectivity index (χ4v) is 1.42. The molecule has 0 fully saturated rings. The molecule has 0 unspecified atom stereocenters. The molecule has 0 N–H and O–H groups in total. The minimum atomic E-state index is 0.505. The molecule has 0 amide bonds. The Kier molecular flexibility index (Phi) is 3.06. The van der Waals surface area contributed by atoms with Crippen LogP contribution >= 0.6 is 15.9 Å². The summed E-state index contributed by atoms with van der Waals surface area (Å²) in [6, 6.07) is 3.74. The summed E-state index contributed by atoms with van der Waals surface area (Å²) in [5.74, 6) is 0.505. The third-order valence-corrected chi connectivity index (χ3v) is 2.02. The molecule has 0 spiro atoms. The number of halogens is 1. The van der Waals surface area contributed by atoms with Crippen molar-refractivity contribution in [3.05, 3.63) is 23.4 Å². The first-order valence-electron chi connectivity index (χ1n) is 3.31. The lowest BCUT2D eigenvalue weighted by Gasteiger charge is -2.04. The second kappa shape index (κ2) is 4.07. The van der Waals surface area contributed by atoms with Crippen molar-refractivity contribution in [1.82, 2.24) is 4.98 Å². The van der Waals surface area contributed by atoms with Gasteiger partial charge in [-0.05, 0) is 6.07 Å². The minimum Gasteiger partial charge on any atom is -0.481 e. The molecule has 1 rings (SSSR count). The standard InChI is InChI=1S/C8H7BrN2O/c1-12-8-7(4-9)6(5-10)2-3-11-8/h2-3H,4H2,1H3. The predicted octanol–water partition coefficient (Wildman–Crippen LogP) is 1.86. The van der Waals surface area contributed by atoms with Crippen LogP contribution in [0.15, 0.2) is 12.3 Å². The third kappa shape index (κ3) is 1.56. The number of hydrogen-bond donors (Lipinski definition) is 0. The number of nitrogens with zero attached hydrogens (tertiary/aromatic N) is 2. The van der Waals surface area contributed by atoms with E-state index in [2.05, 4.69) is 27.0 Å². The van der Waals surface area contributed by atoms with Crippen LogP contribution in [0.1, 0.15) is 11.1 Å². The first-order chi connectivity index (χ1) is 5.83. The molecule has 0 aliphatic rings. The van der Waals surface area contributed by atoms with Gasteiger partial charge in [0.05, 0.1) is 18.7 Å². The van der Waals surface area contributed by atoms with Crippen LogP contribution in [-0.4, -0.2) is 12.1 Å². The Morgan fingerprint density at radius 3 is 3.00 bits per heavy atom. The zero-order valence-corrected chi connectivity index (χ0v) is 8.13. The number of pyridine rings is 1. The second-order valence-electron chi connectivity index (χ2n) is 2.09. The lowest BCUT2D eigenvalue weighted by molar-refractivity contribution is 0.394. The van der Waals surface area contributed by atoms with E-state index in [1.807, 2.05) is 0 Å². The van der Waals surface area contributed by atoms with Crippen molar-refractivity contribution < 1.29 is 4.74 Å². The molecule has 3 nitrogen and oxygen atoms in total. The van der Waals surface area contributed by atoms with Gasteiger partial charge in [0.25, 0.3) is 0 Å². The van der Waals surface area contributed by atoms with Crippen molar-refractivity contribution in [3.8, 4) is 11.9 Å². The van der Waals surface area contributed by atoms with Gasteiger partial charge in [-0.25, -0.2) is 4.98 Å². The molecule has 62 valence electrons. The molecule has 0 saturated carbocycles. The molecule has 1 aromatic heterocycles. The normalized spacial score (nSPS) is 9.08. The first kappa shape index (κ1) is 9.01. The fourth-order valence-electron chi connectivity index (χ4n) is 0.883. The molecule has 12 heavy (non-hydrogen) atoms. The zero-order chi connectivity index (χ0) is 8.97. The molecule has 0 aromatic carbocycles. The Balaban J connectivity index is 3.24. The van der Waals surface area contributed by atoms with Gasteiger partial charge in [0.15, 0.2) is 0 Å². The summed E-state index contributed by atoms with van der Waals surface area (Å²) in [6.07, 6.45) is 1.56. The first-order valence-corrected chi connectivity index (χ1v) is 4.43. The van der Waals surface area contributed by atoms with Gasteiger partial charge < -0.3 is 4.74 Å². The molecular weight excluding hydrogens is 220 g/mol. The summed E-state index contributed by atoms with van der Waals surface area (Å²) in [6.45, 7) is 0. The molecule has 0 aliphatic carbocycles. The van der Waals surface area contributed by atoms with E-state index in [1.54, 1.807) is 12.3 Å². The van der Waals surface area contributed by atoms with Crippen LogP contribution in [0.5, 0.6) is 5.88 Å². The van der Waals surface area contributed by atoms with Gasteiger partial charge in [-0.3, -0.25) is 0 Å². The number of ether oxygens (including phenoxy) is 1. The molecule has 1 aromatic rings. The summed E-state index contributed by atoms with van der Waals surface area (Å²) in [5.41, 5.74) is 1.39. The van der Waals surface area contributed by atoms with E-state index in [0.717, 1.165) is 5.56 Å². The Morgan fingerprint density at radius 2 is 2.50 bits per heavy atom. The number of hydrogen-bond acceptors (Lipinski definition) is 3. The van der Waals surface area contributed by atoms with Crippen LogP contribution < -0.4 is 4.74 Å². The summed E-state index contributed by atoms with van der Waals surface area (Å²) >= 11 is 3.27. The second-order valence-corrected chi connectivity index (χ2v) is 2.65. The van der Waals surface area contributed by atoms with Crippen LogP contribution in [-0.2, 0) is 5.33 Å². The quantitative estimate of drug-likeness (QED) is 0.724. The Bertz CT molecular complexity index is 319. The van der Waals surface area contributed by atoms with E-state index in [-0.39, 0.29) is 0 Å². The van der Waals surface area contributed by atoms with E-state index in [9.17, 15) is 0 Å². The van der Waals surface area contributed by atoms with Crippen LogP contribution in [0.4, 0.5) is 0 Å². The third-order valence-electron chi connectivity index (χ3n) is 1.46. The number of rotatable bonds is 2. The largest absolute Gasteiger partial charge is 0.481 e. The number of alkyl halides is 1. The van der Waals surface area contributed by atoms with Crippen molar-refractivity contribution >= 4 is 15.9 Å².